The maximum Gasteiger partial charge on any atom is 0.331 e. The summed E-state index contributed by atoms with van der Waals surface area (Å²) in [6.07, 6.45) is 1.35. The Labute approximate surface area is 106 Å². The summed E-state index contributed by atoms with van der Waals surface area (Å²) in [5.74, 6) is -0.829. The van der Waals surface area contributed by atoms with E-state index in [9.17, 15) is 9.59 Å². The first kappa shape index (κ1) is 14.0. The summed E-state index contributed by atoms with van der Waals surface area (Å²) in [5.41, 5.74) is 1.44. The van der Waals surface area contributed by atoms with Crippen LogP contribution in [0.1, 0.15) is 19.4 Å². The fourth-order valence-corrected chi connectivity index (χ4v) is 1.37. The van der Waals surface area contributed by atoms with Gasteiger partial charge < -0.3 is 9.47 Å². The molecule has 0 heterocycles. The third-order valence-electron chi connectivity index (χ3n) is 2.15. The van der Waals surface area contributed by atoms with Crippen molar-refractivity contribution >= 4 is 17.5 Å². The summed E-state index contributed by atoms with van der Waals surface area (Å²) in [4.78, 5) is 22.3. The molecule has 0 aliphatic rings. The van der Waals surface area contributed by atoms with Crippen molar-refractivity contribution in [3.8, 4) is 0 Å². The number of hydrogen-bond acceptors (Lipinski definition) is 4. The Hall–Kier alpha value is -2.10. The number of rotatable bonds is 5. The van der Waals surface area contributed by atoms with Gasteiger partial charge in [-0.1, -0.05) is 30.3 Å². The molecule has 0 aliphatic carbocycles. The molecule has 0 unspecified atom stereocenters. The van der Waals surface area contributed by atoms with Crippen LogP contribution < -0.4 is 0 Å². The lowest BCUT2D eigenvalue weighted by Crippen LogP contribution is -2.06. The number of ether oxygens (including phenoxy) is 2. The molecule has 0 radical (unpaired) electrons. The minimum absolute atomic E-state index is 0.0537. The lowest BCUT2D eigenvalue weighted by atomic mass is 10.1. The average molecular weight is 248 g/mol. The van der Waals surface area contributed by atoms with Gasteiger partial charge >= 0.3 is 11.9 Å². The highest BCUT2D eigenvalue weighted by molar-refractivity contribution is 5.92. The van der Waals surface area contributed by atoms with E-state index in [1.165, 1.54) is 13.0 Å². The van der Waals surface area contributed by atoms with E-state index in [4.69, 9.17) is 9.47 Å². The number of esters is 2. The van der Waals surface area contributed by atoms with Crippen LogP contribution in [-0.2, 0) is 19.1 Å². The molecule has 4 heteroatoms. The summed E-state index contributed by atoms with van der Waals surface area (Å²) in [5, 5.41) is 0. The molecule has 0 fully saturated rings. The van der Waals surface area contributed by atoms with Gasteiger partial charge in [0.25, 0.3) is 0 Å². The van der Waals surface area contributed by atoms with Gasteiger partial charge in [-0.15, -0.1) is 0 Å². The van der Waals surface area contributed by atoms with Crippen LogP contribution in [0.25, 0.3) is 5.57 Å². The largest absolute Gasteiger partial charge is 0.463 e. The van der Waals surface area contributed by atoms with Crippen molar-refractivity contribution in [1.82, 2.24) is 0 Å². The van der Waals surface area contributed by atoms with E-state index < -0.39 is 5.97 Å². The smallest absolute Gasteiger partial charge is 0.331 e. The van der Waals surface area contributed by atoms with Crippen molar-refractivity contribution in [2.45, 2.75) is 13.8 Å². The minimum Gasteiger partial charge on any atom is -0.463 e. The Morgan fingerprint density at radius 2 is 1.83 bits per heavy atom. The zero-order chi connectivity index (χ0) is 13.4. The number of benzene rings is 1. The van der Waals surface area contributed by atoms with Crippen LogP contribution in [0.3, 0.4) is 0 Å². The molecule has 1 aromatic carbocycles. The van der Waals surface area contributed by atoms with E-state index in [0.717, 1.165) is 5.56 Å². The van der Waals surface area contributed by atoms with E-state index >= 15 is 0 Å². The molecule has 96 valence electrons. The van der Waals surface area contributed by atoms with Crippen LogP contribution >= 0.6 is 0 Å². The summed E-state index contributed by atoms with van der Waals surface area (Å²) in [7, 11) is 0. The van der Waals surface area contributed by atoms with Gasteiger partial charge in [-0.2, -0.15) is 0 Å². The molecule has 0 aliphatic heterocycles. The summed E-state index contributed by atoms with van der Waals surface area (Å²) in [6, 6.07) is 9.25. The van der Waals surface area contributed by atoms with E-state index in [0.29, 0.717) is 12.2 Å². The van der Waals surface area contributed by atoms with Gasteiger partial charge in [0.05, 0.1) is 6.61 Å². The van der Waals surface area contributed by atoms with Gasteiger partial charge in [-0.3, -0.25) is 4.79 Å². The zero-order valence-electron chi connectivity index (χ0n) is 10.5. The maximum atomic E-state index is 11.4. The standard InChI is InChI=1S/C14H16O4/c1-3-17-14(16)9-13(10-18-11(2)15)12-7-5-4-6-8-12/h4-9H,3,10H2,1-2H3/b13-9+. The lowest BCUT2D eigenvalue weighted by molar-refractivity contribution is -0.140. The second kappa shape index (κ2) is 7.27. The topological polar surface area (TPSA) is 52.6 Å². The highest BCUT2D eigenvalue weighted by Crippen LogP contribution is 2.14. The fourth-order valence-electron chi connectivity index (χ4n) is 1.37. The van der Waals surface area contributed by atoms with Gasteiger partial charge in [-0.05, 0) is 12.5 Å². The molecule has 0 spiro atoms. The van der Waals surface area contributed by atoms with Gasteiger partial charge in [0.2, 0.25) is 0 Å². The first-order valence-electron chi connectivity index (χ1n) is 5.69. The fraction of sp³-hybridized carbons (Fsp3) is 0.286. The highest BCUT2D eigenvalue weighted by Gasteiger charge is 2.07. The van der Waals surface area contributed by atoms with Crippen LogP contribution in [0.15, 0.2) is 36.4 Å². The molecule has 4 nitrogen and oxygen atoms in total. The lowest BCUT2D eigenvalue weighted by Gasteiger charge is -2.08. The Morgan fingerprint density at radius 3 is 2.39 bits per heavy atom. The molecule has 1 aromatic rings. The molecular weight excluding hydrogens is 232 g/mol. The molecule has 0 bridgehead atoms. The molecule has 0 amide bonds. The monoisotopic (exact) mass is 248 g/mol. The second-order valence-electron chi connectivity index (χ2n) is 3.57. The van der Waals surface area contributed by atoms with Crippen LogP contribution in [0.2, 0.25) is 0 Å². The highest BCUT2D eigenvalue weighted by atomic mass is 16.5. The number of carbonyl (C=O) groups is 2. The first-order valence-corrected chi connectivity index (χ1v) is 5.69. The van der Waals surface area contributed by atoms with Crippen LogP contribution in [0.5, 0.6) is 0 Å². The predicted octanol–water partition coefficient (Wildman–Crippen LogP) is 2.20. The number of carbonyl (C=O) groups excluding carboxylic acids is 2. The second-order valence-corrected chi connectivity index (χ2v) is 3.57. The van der Waals surface area contributed by atoms with Crippen LogP contribution in [0.4, 0.5) is 0 Å². The van der Waals surface area contributed by atoms with Crippen molar-refractivity contribution in [2.75, 3.05) is 13.2 Å². The van der Waals surface area contributed by atoms with E-state index in [2.05, 4.69) is 0 Å². The Balaban J connectivity index is 2.88. The van der Waals surface area contributed by atoms with Crippen molar-refractivity contribution in [3.05, 3.63) is 42.0 Å². The van der Waals surface area contributed by atoms with E-state index in [1.54, 1.807) is 6.92 Å². The summed E-state index contributed by atoms with van der Waals surface area (Å²) >= 11 is 0. The zero-order valence-corrected chi connectivity index (χ0v) is 10.5. The third-order valence-corrected chi connectivity index (χ3v) is 2.15. The molecular formula is C14H16O4. The molecule has 0 N–H and O–H groups in total. The molecule has 1 rings (SSSR count). The number of hydrogen-bond donors (Lipinski definition) is 0. The molecule has 0 atom stereocenters. The molecule has 18 heavy (non-hydrogen) atoms. The van der Waals surface area contributed by atoms with Gasteiger partial charge in [0, 0.05) is 18.6 Å². The maximum absolute atomic E-state index is 11.4. The third kappa shape index (κ3) is 4.82. The summed E-state index contributed by atoms with van der Waals surface area (Å²) in [6.45, 7) is 3.43. The van der Waals surface area contributed by atoms with Gasteiger partial charge in [0.15, 0.2) is 0 Å². The Kier molecular flexibility index (Phi) is 5.64. The van der Waals surface area contributed by atoms with E-state index in [-0.39, 0.29) is 12.6 Å². The van der Waals surface area contributed by atoms with Crippen molar-refractivity contribution in [3.63, 3.8) is 0 Å². The van der Waals surface area contributed by atoms with Crippen LogP contribution in [-0.4, -0.2) is 25.2 Å². The normalized spacial score (nSPS) is 10.9. The van der Waals surface area contributed by atoms with Crippen molar-refractivity contribution in [1.29, 1.82) is 0 Å². The summed E-state index contributed by atoms with van der Waals surface area (Å²) < 4.78 is 9.77. The first-order chi connectivity index (χ1) is 8.63. The predicted molar refractivity (Wildman–Crippen MR) is 67.7 cm³/mol. The molecule has 0 aromatic heterocycles. The van der Waals surface area contributed by atoms with Crippen molar-refractivity contribution in [2.24, 2.45) is 0 Å². The molecule has 0 saturated heterocycles. The Bertz CT molecular complexity index is 434. The molecule has 0 saturated carbocycles. The minimum atomic E-state index is -0.441. The van der Waals surface area contributed by atoms with Gasteiger partial charge in [0.1, 0.15) is 6.61 Å². The van der Waals surface area contributed by atoms with Crippen molar-refractivity contribution < 1.29 is 19.1 Å². The quantitative estimate of drug-likeness (QED) is 0.592. The van der Waals surface area contributed by atoms with Gasteiger partial charge in [-0.25, -0.2) is 4.79 Å². The van der Waals surface area contributed by atoms with E-state index in [1.807, 2.05) is 30.3 Å². The SMILES string of the molecule is CCOC(=O)/C=C(\COC(C)=O)c1ccccc1. The van der Waals surface area contributed by atoms with Crippen LogP contribution in [0, 0.1) is 0 Å². The average Bonchev–Trinajstić information content (AvgIpc) is 2.35. The Morgan fingerprint density at radius 1 is 1.17 bits per heavy atom.